The third-order valence-corrected chi connectivity index (χ3v) is 2.98. The third kappa shape index (κ3) is 4.12. The van der Waals surface area contributed by atoms with Gasteiger partial charge >= 0.3 is 6.09 Å². The monoisotopic (exact) mass is 302 g/mol. The molecule has 6 nitrogen and oxygen atoms in total. The van der Waals surface area contributed by atoms with Crippen LogP contribution in [0.3, 0.4) is 0 Å². The molecule has 0 fully saturated rings. The van der Waals surface area contributed by atoms with Crippen molar-refractivity contribution in [3.8, 4) is 11.5 Å². The molecule has 6 heteroatoms. The van der Waals surface area contributed by atoms with Crippen molar-refractivity contribution in [2.24, 2.45) is 0 Å². The maximum Gasteiger partial charge on any atom is 0.407 e. The van der Waals surface area contributed by atoms with Crippen molar-refractivity contribution in [1.82, 2.24) is 10.3 Å². The lowest BCUT2D eigenvalue weighted by molar-refractivity contribution is 0.139. The number of amides is 1. The smallest absolute Gasteiger partial charge is 0.407 e. The Morgan fingerprint density at radius 3 is 2.59 bits per heavy atom. The van der Waals surface area contributed by atoms with Crippen molar-refractivity contribution in [3.05, 3.63) is 53.9 Å². The van der Waals surface area contributed by atoms with E-state index in [1.165, 1.54) is 7.11 Å². The molecule has 1 amide bonds. The summed E-state index contributed by atoms with van der Waals surface area (Å²) in [6, 6.07) is 11.2. The molecule has 0 atom stereocenters. The van der Waals surface area contributed by atoms with E-state index in [9.17, 15) is 4.79 Å². The molecule has 2 aromatic rings. The molecule has 1 heterocycles. The standard InChI is InChI=1S/C16H18N2O4/c1-20-14-8-9-17-13(15(14)21-2)10-18-16(19)22-11-12-6-4-3-5-7-12/h3-9H,10-11H2,1-2H3,(H,18,19). The second kappa shape index (κ2) is 7.87. The molecule has 0 aliphatic rings. The van der Waals surface area contributed by atoms with Gasteiger partial charge in [0.25, 0.3) is 0 Å². The van der Waals surface area contributed by atoms with E-state index < -0.39 is 6.09 Å². The molecule has 0 unspecified atom stereocenters. The maximum atomic E-state index is 11.7. The van der Waals surface area contributed by atoms with E-state index in [1.807, 2.05) is 30.3 Å². The van der Waals surface area contributed by atoms with Gasteiger partial charge in [-0.1, -0.05) is 30.3 Å². The molecule has 0 bridgehead atoms. The molecule has 0 saturated carbocycles. The second-order valence-corrected chi connectivity index (χ2v) is 4.41. The number of alkyl carbamates (subject to hydrolysis) is 1. The number of benzene rings is 1. The predicted octanol–water partition coefficient (Wildman–Crippen LogP) is 2.53. The van der Waals surface area contributed by atoms with Crippen molar-refractivity contribution < 1.29 is 19.0 Å². The van der Waals surface area contributed by atoms with Gasteiger partial charge in [0, 0.05) is 12.3 Å². The van der Waals surface area contributed by atoms with Crippen LogP contribution in [-0.4, -0.2) is 25.3 Å². The van der Waals surface area contributed by atoms with Crippen LogP contribution in [0.25, 0.3) is 0 Å². The first kappa shape index (κ1) is 15.6. The zero-order chi connectivity index (χ0) is 15.8. The molecule has 0 saturated heterocycles. The average Bonchev–Trinajstić information content (AvgIpc) is 2.58. The Hall–Kier alpha value is -2.76. The highest BCUT2D eigenvalue weighted by molar-refractivity contribution is 5.67. The first-order chi connectivity index (χ1) is 10.7. The van der Waals surface area contributed by atoms with Gasteiger partial charge in [-0.2, -0.15) is 0 Å². The lowest BCUT2D eigenvalue weighted by Crippen LogP contribution is -2.24. The summed E-state index contributed by atoms with van der Waals surface area (Å²) in [5.74, 6) is 1.06. The van der Waals surface area contributed by atoms with Gasteiger partial charge in [0.2, 0.25) is 0 Å². The Morgan fingerprint density at radius 1 is 1.14 bits per heavy atom. The van der Waals surface area contributed by atoms with Crippen molar-refractivity contribution in [2.75, 3.05) is 14.2 Å². The lowest BCUT2D eigenvalue weighted by Gasteiger charge is -2.12. The molecule has 1 aromatic carbocycles. The first-order valence-electron chi connectivity index (χ1n) is 6.75. The second-order valence-electron chi connectivity index (χ2n) is 4.41. The van der Waals surface area contributed by atoms with Crippen molar-refractivity contribution in [2.45, 2.75) is 13.2 Å². The molecule has 22 heavy (non-hydrogen) atoms. The summed E-state index contributed by atoms with van der Waals surface area (Å²) in [5.41, 5.74) is 1.49. The van der Waals surface area contributed by atoms with E-state index in [0.29, 0.717) is 17.2 Å². The van der Waals surface area contributed by atoms with E-state index >= 15 is 0 Å². The minimum Gasteiger partial charge on any atom is -0.493 e. The van der Waals surface area contributed by atoms with Crippen LogP contribution < -0.4 is 14.8 Å². The Balaban J connectivity index is 1.88. The number of carbonyl (C=O) groups excluding carboxylic acids is 1. The Kier molecular flexibility index (Phi) is 5.59. The topological polar surface area (TPSA) is 69.7 Å². The minimum atomic E-state index is -0.518. The maximum absolute atomic E-state index is 11.7. The van der Waals surface area contributed by atoms with Crippen LogP contribution >= 0.6 is 0 Å². The number of rotatable bonds is 6. The number of pyridine rings is 1. The van der Waals surface area contributed by atoms with Crippen LogP contribution in [0.15, 0.2) is 42.6 Å². The average molecular weight is 302 g/mol. The molecule has 0 aliphatic carbocycles. The highest BCUT2D eigenvalue weighted by atomic mass is 16.5. The largest absolute Gasteiger partial charge is 0.493 e. The molecule has 0 spiro atoms. The quantitative estimate of drug-likeness (QED) is 0.888. The Morgan fingerprint density at radius 2 is 1.91 bits per heavy atom. The van der Waals surface area contributed by atoms with Crippen molar-refractivity contribution in [3.63, 3.8) is 0 Å². The van der Waals surface area contributed by atoms with E-state index in [2.05, 4.69) is 10.3 Å². The summed E-state index contributed by atoms with van der Waals surface area (Å²) in [4.78, 5) is 15.9. The van der Waals surface area contributed by atoms with Crippen LogP contribution in [0.1, 0.15) is 11.3 Å². The lowest BCUT2D eigenvalue weighted by atomic mass is 10.2. The number of methoxy groups -OCH3 is 2. The van der Waals surface area contributed by atoms with Gasteiger partial charge in [0.15, 0.2) is 11.5 Å². The van der Waals surface area contributed by atoms with Gasteiger partial charge in [0.1, 0.15) is 12.3 Å². The van der Waals surface area contributed by atoms with Crippen LogP contribution in [0.2, 0.25) is 0 Å². The van der Waals surface area contributed by atoms with E-state index in [4.69, 9.17) is 14.2 Å². The SMILES string of the molecule is COc1ccnc(CNC(=O)OCc2ccccc2)c1OC. The zero-order valence-corrected chi connectivity index (χ0v) is 12.5. The first-order valence-corrected chi connectivity index (χ1v) is 6.75. The number of nitrogens with one attached hydrogen (secondary N) is 1. The minimum absolute atomic E-state index is 0.188. The van der Waals surface area contributed by atoms with E-state index in [-0.39, 0.29) is 13.2 Å². The van der Waals surface area contributed by atoms with Crippen LogP contribution in [-0.2, 0) is 17.9 Å². The molecular formula is C16H18N2O4. The summed E-state index contributed by atoms with van der Waals surface area (Å²) >= 11 is 0. The molecule has 2 rings (SSSR count). The molecule has 1 aromatic heterocycles. The summed E-state index contributed by atoms with van der Waals surface area (Å²) in [7, 11) is 3.07. The van der Waals surface area contributed by atoms with Gasteiger partial charge in [-0.25, -0.2) is 4.79 Å². The summed E-state index contributed by atoms with van der Waals surface area (Å²) < 4.78 is 15.6. The van der Waals surface area contributed by atoms with Crippen molar-refractivity contribution in [1.29, 1.82) is 0 Å². The molecule has 0 aliphatic heterocycles. The molecule has 0 radical (unpaired) electrons. The van der Waals surface area contributed by atoms with Gasteiger partial charge < -0.3 is 19.5 Å². The van der Waals surface area contributed by atoms with Crippen molar-refractivity contribution >= 4 is 6.09 Å². The number of nitrogens with zero attached hydrogens (tertiary/aromatic N) is 1. The molecular weight excluding hydrogens is 284 g/mol. The highest BCUT2D eigenvalue weighted by Crippen LogP contribution is 2.28. The van der Waals surface area contributed by atoms with Crippen LogP contribution in [0.5, 0.6) is 11.5 Å². The highest BCUT2D eigenvalue weighted by Gasteiger charge is 2.12. The van der Waals surface area contributed by atoms with Gasteiger partial charge in [0.05, 0.1) is 20.8 Å². The fraction of sp³-hybridized carbons (Fsp3) is 0.250. The molecule has 116 valence electrons. The van der Waals surface area contributed by atoms with E-state index in [1.54, 1.807) is 19.4 Å². The van der Waals surface area contributed by atoms with E-state index in [0.717, 1.165) is 5.56 Å². The summed E-state index contributed by atoms with van der Waals surface area (Å²) in [6.07, 6.45) is 1.07. The Labute approximate surface area is 129 Å². The summed E-state index contributed by atoms with van der Waals surface area (Å²) in [5, 5.41) is 2.64. The number of carbonyl (C=O) groups is 1. The van der Waals surface area contributed by atoms with Crippen LogP contribution in [0.4, 0.5) is 4.79 Å². The Bertz CT molecular complexity index is 617. The summed E-state index contributed by atoms with van der Waals surface area (Å²) in [6.45, 7) is 0.406. The number of aromatic nitrogens is 1. The van der Waals surface area contributed by atoms with Crippen LogP contribution in [0, 0.1) is 0 Å². The molecule has 1 N–H and O–H groups in total. The number of ether oxygens (including phenoxy) is 3. The third-order valence-electron chi connectivity index (χ3n) is 2.98. The van der Waals surface area contributed by atoms with Gasteiger partial charge in [-0.15, -0.1) is 0 Å². The predicted molar refractivity (Wildman–Crippen MR) is 80.8 cm³/mol. The fourth-order valence-electron chi connectivity index (χ4n) is 1.91. The normalized spacial score (nSPS) is 9.91. The number of hydrogen-bond acceptors (Lipinski definition) is 5. The van der Waals surface area contributed by atoms with Gasteiger partial charge in [-0.05, 0) is 5.56 Å². The fourth-order valence-corrected chi connectivity index (χ4v) is 1.91. The number of hydrogen-bond donors (Lipinski definition) is 1. The van der Waals surface area contributed by atoms with Gasteiger partial charge in [-0.3, -0.25) is 4.98 Å². The zero-order valence-electron chi connectivity index (χ0n) is 12.5.